The van der Waals surface area contributed by atoms with E-state index in [1.54, 1.807) is 24.3 Å². The van der Waals surface area contributed by atoms with E-state index in [0.29, 0.717) is 50.0 Å². The van der Waals surface area contributed by atoms with Crippen LogP contribution >= 0.6 is 0 Å². The Labute approximate surface area is 197 Å². The van der Waals surface area contributed by atoms with Gasteiger partial charge in [-0.1, -0.05) is 0 Å². The molecule has 0 aliphatic carbocycles. The summed E-state index contributed by atoms with van der Waals surface area (Å²) in [6.07, 6.45) is -0.604. The number of aromatic hydroxyl groups is 1. The fourth-order valence-electron chi connectivity index (χ4n) is 3.66. The molecule has 1 fully saturated rings. The van der Waals surface area contributed by atoms with Crippen molar-refractivity contribution in [3.8, 4) is 17.2 Å². The molecule has 1 saturated heterocycles. The van der Waals surface area contributed by atoms with Crippen LogP contribution in [-0.2, 0) is 20.8 Å². The number of amides is 1. The number of benzene rings is 2. The molecule has 2 aliphatic heterocycles. The van der Waals surface area contributed by atoms with Crippen molar-refractivity contribution in [1.29, 1.82) is 0 Å². The van der Waals surface area contributed by atoms with E-state index in [1.807, 2.05) is 0 Å². The largest absolute Gasteiger partial charge is 0.505 e. The van der Waals surface area contributed by atoms with Crippen LogP contribution in [0.25, 0.3) is 0 Å². The Hall–Kier alpha value is -2.92. The predicted octanol–water partition coefficient (Wildman–Crippen LogP) is 2.79. The number of rotatable bonds is 11. The molecule has 2 aliphatic rings. The van der Waals surface area contributed by atoms with Crippen molar-refractivity contribution in [2.24, 2.45) is 0 Å². The Morgan fingerprint density at radius 2 is 1.68 bits per heavy atom. The molecule has 9 nitrogen and oxygen atoms in total. The maximum Gasteiger partial charge on any atom is 0.420 e. The van der Waals surface area contributed by atoms with Gasteiger partial charge >= 0.3 is 6.09 Å². The first-order valence-electron chi connectivity index (χ1n) is 11.3. The molecule has 0 saturated carbocycles. The number of ether oxygens (including phenoxy) is 5. The second-order valence-electron chi connectivity index (χ2n) is 7.89. The number of nitrogens with zero attached hydrogens (tertiary/aromatic N) is 2. The SMILES string of the molecule is O=C1Oc2cc(O)c(F)cc2CN1c1ccc(OCCOCCOCCN2CCOCC2)cc1. The summed E-state index contributed by atoms with van der Waals surface area (Å²) in [5, 5.41) is 9.46. The predicted molar refractivity (Wildman–Crippen MR) is 121 cm³/mol. The number of fused-ring (bicyclic) bond motifs is 1. The Kier molecular flexibility index (Phi) is 8.53. The van der Waals surface area contributed by atoms with Crippen molar-refractivity contribution < 1.29 is 38.0 Å². The van der Waals surface area contributed by atoms with Gasteiger partial charge in [-0.05, 0) is 30.3 Å². The maximum absolute atomic E-state index is 13.7. The standard InChI is InChI=1S/C24H29FN2O7/c25-21-15-18-17-27(24(29)34-23(18)16-22(21)28)19-1-3-20(4-2-19)33-14-13-32-12-11-31-10-7-26-5-8-30-9-6-26/h1-4,15-16,28H,5-14,17H2. The number of phenols is 1. The van der Waals surface area contributed by atoms with Crippen LogP contribution in [0.4, 0.5) is 14.9 Å². The van der Waals surface area contributed by atoms with Gasteiger partial charge in [0.05, 0.1) is 46.2 Å². The van der Waals surface area contributed by atoms with Crippen LogP contribution in [0.15, 0.2) is 36.4 Å². The molecule has 1 amide bonds. The topological polar surface area (TPSA) is 89.9 Å². The molecule has 0 unspecified atom stereocenters. The second-order valence-corrected chi connectivity index (χ2v) is 7.89. The zero-order valence-corrected chi connectivity index (χ0v) is 18.9. The van der Waals surface area contributed by atoms with Crippen LogP contribution in [0.5, 0.6) is 17.2 Å². The minimum Gasteiger partial charge on any atom is -0.505 e. The summed E-state index contributed by atoms with van der Waals surface area (Å²) in [5.74, 6) is -0.526. The lowest BCUT2D eigenvalue weighted by Gasteiger charge is -2.28. The summed E-state index contributed by atoms with van der Waals surface area (Å²) in [4.78, 5) is 16.0. The Morgan fingerprint density at radius 3 is 2.44 bits per heavy atom. The summed E-state index contributed by atoms with van der Waals surface area (Å²) in [6.45, 7) is 7.08. The monoisotopic (exact) mass is 476 g/mol. The lowest BCUT2D eigenvalue weighted by Crippen LogP contribution is -2.38. The Morgan fingerprint density at radius 1 is 0.971 bits per heavy atom. The number of morpholine rings is 1. The molecule has 0 aromatic heterocycles. The highest BCUT2D eigenvalue weighted by Gasteiger charge is 2.27. The van der Waals surface area contributed by atoms with Gasteiger partial charge in [0.1, 0.15) is 18.1 Å². The van der Waals surface area contributed by atoms with Gasteiger partial charge in [0.2, 0.25) is 0 Å². The molecule has 0 atom stereocenters. The highest BCUT2D eigenvalue weighted by Crippen LogP contribution is 2.34. The molecule has 10 heteroatoms. The van der Waals surface area contributed by atoms with E-state index in [2.05, 4.69) is 4.90 Å². The van der Waals surface area contributed by atoms with Crippen molar-refractivity contribution in [1.82, 2.24) is 4.90 Å². The number of halogens is 1. The molecule has 4 rings (SSSR count). The molecule has 2 aromatic carbocycles. The highest BCUT2D eigenvalue weighted by atomic mass is 19.1. The van der Waals surface area contributed by atoms with Gasteiger partial charge in [-0.25, -0.2) is 9.18 Å². The maximum atomic E-state index is 13.7. The van der Waals surface area contributed by atoms with Gasteiger partial charge in [-0.2, -0.15) is 0 Å². The molecule has 0 bridgehead atoms. The summed E-state index contributed by atoms with van der Waals surface area (Å²) < 4.78 is 41.0. The van der Waals surface area contributed by atoms with Crippen LogP contribution < -0.4 is 14.4 Å². The van der Waals surface area contributed by atoms with Gasteiger partial charge in [-0.3, -0.25) is 9.80 Å². The van der Waals surface area contributed by atoms with Gasteiger partial charge in [-0.15, -0.1) is 0 Å². The van der Waals surface area contributed by atoms with E-state index in [-0.39, 0.29) is 12.3 Å². The first-order chi connectivity index (χ1) is 16.6. The molecule has 1 N–H and O–H groups in total. The van der Waals surface area contributed by atoms with E-state index in [1.165, 1.54) is 4.90 Å². The summed E-state index contributed by atoms with van der Waals surface area (Å²) in [6, 6.07) is 9.20. The smallest absolute Gasteiger partial charge is 0.420 e. The number of carbonyl (C=O) groups is 1. The average Bonchev–Trinajstić information content (AvgIpc) is 2.85. The van der Waals surface area contributed by atoms with Crippen molar-refractivity contribution in [3.63, 3.8) is 0 Å². The quantitative estimate of drug-likeness (QED) is 0.496. The van der Waals surface area contributed by atoms with Gasteiger partial charge in [0.25, 0.3) is 0 Å². The van der Waals surface area contributed by atoms with E-state index < -0.39 is 17.7 Å². The molecule has 184 valence electrons. The minimum atomic E-state index is -0.762. The van der Waals surface area contributed by atoms with Gasteiger partial charge in [0.15, 0.2) is 11.6 Å². The van der Waals surface area contributed by atoms with Crippen molar-refractivity contribution in [2.45, 2.75) is 6.54 Å². The lowest BCUT2D eigenvalue weighted by molar-refractivity contribution is 0.00520. The third-order valence-corrected chi connectivity index (χ3v) is 5.55. The normalized spacial score (nSPS) is 16.3. The summed E-state index contributed by atoms with van der Waals surface area (Å²) in [7, 11) is 0. The zero-order chi connectivity index (χ0) is 23.8. The fourth-order valence-corrected chi connectivity index (χ4v) is 3.66. The number of anilines is 1. The summed E-state index contributed by atoms with van der Waals surface area (Å²) in [5.41, 5.74) is 1.06. The lowest BCUT2D eigenvalue weighted by atomic mass is 10.1. The van der Waals surface area contributed by atoms with Crippen molar-refractivity contribution in [2.75, 3.05) is 70.8 Å². The van der Waals surface area contributed by atoms with Crippen molar-refractivity contribution in [3.05, 3.63) is 47.8 Å². The Bertz CT molecular complexity index is 951. The van der Waals surface area contributed by atoms with Crippen LogP contribution in [0.3, 0.4) is 0 Å². The third kappa shape index (κ3) is 6.57. The molecule has 0 spiro atoms. The minimum absolute atomic E-state index is 0.133. The van der Waals surface area contributed by atoms with Gasteiger partial charge in [0, 0.05) is 37.0 Å². The van der Waals surface area contributed by atoms with E-state index in [9.17, 15) is 14.3 Å². The zero-order valence-electron chi connectivity index (χ0n) is 18.9. The molecule has 34 heavy (non-hydrogen) atoms. The molecular weight excluding hydrogens is 447 g/mol. The number of carbonyl (C=O) groups excluding carboxylic acids is 1. The van der Waals surface area contributed by atoms with Crippen LogP contribution in [0, 0.1) is 5.82 Å². The number of hydrogen-bond donors (Lipinski definition) is 1. The first kappa shape index (κ1) is 24.2. The molecule has 2 heterocycles. The second kappa shape index (κ2) is 12.0. The van der Waals surface area contributed by atoms with Crippen molar-refractivity contribution >= 4 is 11.8 Å². The van der Waals surface area contributed by atoms with Crippen LogP contribution in [0.1, 0.15) is 5.56 Å². The highest BCUT2D eigenvalue weighted by molar-refractivity contribution is 5.91. The summed E-state index contributed by atoms with van der Waals surface area (Å²) >= 11 is 0. The van der Waals surface area contributed by atoms with Crippen LogP contribution in [0.2, 0.25) is 0 Å². The number of hydrogen-bond acceptors (Lipinski definition) is 8. The third-order valence-electron chi connectivity index (χ3n) is 5.55. The molecule has 0 radical (unpaired) electrons. The van der Waals surface area contributed by atoms with E-state index >= 15 is 0 Å². The Balaban J connectivity index is 1.12. The van der Waals surface area contributed by atoms with Gasteiger partial charge < -0.3 is 28.8 Å². The molecular formula is C24H29FN2O7. The molecule has 2 aromatic rings. The fraction of sp³-hybridized carbons (Fsp3) is 0.458. The van der Waals surface area contributed by atoms with E-state index in [0.717, 1.165) is 45.0 Å². The van der Waals surface area contributed by atoms with E-state index in [4.69, 9.17) is 23.7 Å². The average molecular weight is 477 g/mol. The first-order valence-corrected chi connectivity index (χ1v) is 11.3. The van der Waals surface area contributed by atoms with Crippen LogP contribution in [-0.4, -0.2) is 82.0 Å². The number of phenolic OH excluding ortho intramolecular Hbond substituents is 1.